The second kappa shape index (κ2) is 8.04. The van der Waals surface area contributed by atoms with Gasteiger partial charge in [-0.2, -0.15) is 0 Å². The predicted octanol–water partition coefficient (Wildman–Crippen LogP) is 3.78. The molecule has 0 aromatic heterocycles. The lowest BCUT2D eigenvalue weighted by molar-refractivity contribution is 0.116. The van der Waals surface area contributed by atoms with Crippen molar-refractivity contribution in [3.05, 3.63) is 12.2 Å². The minimum Gasteiger partial charge on any atom is -0.445 e. The Hall–Kier alpha value is -0.120. The van der Waals surface area contributed by atoms with Crippen LogP contribution in [0.1, 0.15) is 20.3 Å². The van der Waals surface area contributed by atoms with Gasteiger partial charge in [0.25, 0.3) is 0 Å². The Bertz CT molecular complexity index is 235. The van der Waals surface area contributed by atoms with E-state index in [1.54, 1.807) is 17.1 Å². The van der Waals surface area contributed by atoms with Crippen LogP contribution in [0.4, 0.5) is 4.79 Å². The molecule has 16 heavy (non-hydrogen) atoms. The molecule has 1 amide bonds. The number of hydrogen-bond donors (Lipinski definition) is 0. The van der Waals surface area contributed by atoms with Crippen molar-refractivity contribution in [2.45, 2.75) is 24.1 Å². The number of rotatable bonds is 5. The Kier molecular flexibility index (Phi) is 7.98. The van der Waals surface area contributed by atoms with Crippen LogP contribution >= 0.6 is 34.8 Å². The summed E-state index contributed by atoms with van der Waals surface area (Å²) in [6, 6.07) is 0. The van der Waals surface area contributed by atoms with Crippen LogP contribution in [0.5, 0.6) is 0 Å². The molecular weight excluding hydrogens is 272 g/mol. The van der Waals surface area contributed by atoms with Crippen LogP contribution in [0.2, 0.25) is 0 Å². The van der Waals surface area contributed by atoms with Crippen molar-refractivity contribution >= 4 is 40.9 Å². The smallest absolute Gasteiger partial charge is 0.410 e. The van der Waals surface area contributed by atoms with Crippen molar-refractivity contribution < 1.29 is 9.53 Å². The van der Waals surface area contributed by atoms with Gasteiger partial charge in [0.15, 0.2) is 3.79 Å². The fourth-order valence-corrected chi connectivity index (χ4v) is 1.24. The lowest BCUT2D eigenvalue weighted by atomic mass is 10.4. The van der Waals surface area contributed by atoms with Crippen molar-refractivity contribution in [3.63, 3.8) is 0 Å². The standard InChI is InChI=1S/C10H16Cl3NO2/c1-3-14(4-2)9(15)16-8-6-5-7-10(11,12)13/h5-6H,3-4,7-8H2,1-2H3. The highest BCUT2D eigenvalue weighted by Gasteiger charge is 2.16. The summed E-state index contributed by atoms with van der Waals surface area (Å²) in [6.07, 6.45) is 3.29. The molecule has 0 saturated heterocycles. The molecule has 0 aromatic rings. The van der Waals surface area contributed by atoms with E-state index in [-0.39, 0.29) is 12.7 Å². The second-order valence-corrected chi connectivity index (χ2v) is 5.56. The van der Waals surface area contributed by atoms with Crippen LogP contribution in [0.15, 0.2) is 12.2 Å². The fraction of sp³-hybridized carbons (Fsp3) is 0.700. The third-order valence-electron chi connectivity index (χ3n) is 1.84. The number of hydrogen-bond acceptors (Lipinski definition) is 2. The monoisotopic (exact) mass is 287 g/mol. The third kappa shape index (κ3) is 8.08. The van der Waals surface area contributed by atoms with Crippen molar-refractivity contribution in [1.82, 2.24) is 4.90 Å². The minimum atomic E-state index is -1.29. The van der Waals surface area contributed by atoms with Gasteiger partial charge in [-0.1, -0.05) is 47.0 Å². The summed E-state index contributed by atoms with van der Waals surface area (Å²) in [5, 5.41) is 0. The van der Waals surface area contributed by atoms with Crippen molar-refractivity contribution in [3.8, 4) is 0 Å². The van der Waals surface area contributed by atoms with E-state index < -0.39 is 3.79 Å². The van der Waals surface area contributed by atoms with Gasteiger partial charge in [-0.05, 0) is 13.8 Å². The summed E-state index contributed by atoms with van der Waals surface area (Å²) in [5.74, 6) is 0. The lowest BCUT2D eigenvalue weighted by Gasteiger charge is -2.17. The van der Waals surface area contributed by atoms with Gasteiger partial charge in [-0.15, -0.1) is 0 Å². The molecule has 94 valence electrons. The first-order valence-electron chi connectivity index (χ1n) is 5.04. The predicted molar refractivity (Wildman–Crippen MR) is 68.3 cm³/mol. The molecule has 0 saturated carbocycles. The summed E-state index contributed by atoms with van der Waals surface area (Å²) in [4.78, 5) is 12.9. The van der Waals surface area contributed by atoms with E-state index in [4.69, 9.17) is 39.5 Å². The van der Waals surface area contributed by atoms with Crippen molar-refractivity contribution in [2.24, 2.45) is 0 Å². The summed E-state index contributed by atoms with van der Waals surface area (Å²) in [7, 11) is 0. The van der Waals surface area contributed by atoms with Crippen LogP contribution in [0, 0.1) is 0 Å². The van der Waals surface area contributed by atoms with Crippen LogP contribution in [-0.4, -0.2) is 34.5 Å². The van der Waals surface area contributed by atoms with E-state index in [2.05, 4.69) is 0 Å². The molecule has 0 bridgehead atoms. The van der Waals surface area contributed by atoms with E-state index in [0.717, 1.165) is 0 Å². The molecule has 0 aliphatic heterocycles. The maximum Gasteiger partial charge on any atom is 0.410 e. The molecular formula is C10H16Cl3NO2. The maximum atomic E-state index is 11.4. The Labute approximate surface area is 111 Å². The van der Waals surface area contributed by atoms with Crippen molar-refractivity contribution in [2.75, 3.05) is 19.7 Å². The zero-order chi connectivity index (χ0) is 12.6. The zero-order valence-corrected chi connectivity index (χ0v) is 11.6. The van der Waals surface area contributed by atoms with Gasteiger partial charge < -0.3 is 9.64 Å². The molecule has 0 rings (SSSR count). The number of nitrogens with zero attached hydrogens (tertiary/aromatic N) is 1. The highest BCUT2D eigenvalue weighted by atomic mass is 35.6. The van der Waals surface area contributed by atoms with Gasteiger partial charge in [0, 0.05) is 19.5 Å². The summed E-state index contributed by atoms with van der Waals surface area (Å²) in [6.45, 7) is 5.24. The van der Waals surface area contributed by atoms with E-state index in [9.17, 15) is 4.79 Å². The zero-order valence-electron chi connectivity index (χ0n) is 9.38. The molecule has 0 aromatic carbocycles. The summed E-state index contributed by atoms with van der Waals surface area (Å²) in [5.41, 5.74) is 0. The molecule has 0 radical (unpaired) electrons. The number of halogens is 3. The average Bonchev–Trinajstić information content (AvgIpc) is 2.17. The van der Waals surface area contributed by atoms with Crippen LogP contribution < -0.4 is 0 Å². The molecule has 0 fully saturated rings. The Balaban J connectivity index is 3.77. The molecule has 6 heteroatoms. The number of ether oxygens (including phenoxy) is 1. The first-order chi connectivity index (χ1) is 7.40. The molecule has 0 aliphatic carbocycles. The number of amides is 1. The van der Waals surface area contributed by atoms with Gasteiger partial charge in [-0.25, -0.2) is 4.79 Å². The van der Waals surface area contributed by atoms with Gasteiger partial charge in [0.05, 0.1) is 0 Å². The number of alkyl halides is 3. The highest BCUT2D eigenvalue weighted by molar-refractivity contribution is 6.67. The van der Waals surface area contributed by atoms with E-state index in [1.165, 1.54) is 0 Å². The molecule has 3 nitrogen and oxygen atoms in total. The SMILES string of the molecule is CCN(CC)C(=O)OCC=CCC(Cl)(Cl)Cl. The Morgan fingerprint density at radius 1 is 1.25 bits per heavy atom. The Morgan fingerprint density at radius 2 is 1.81 bits per heavy atom. The third-order valence-corrected chi connectivity index (χ3v) is 2.30. The first kappa shape index (κ1) is 15.9. The summed E-state index contributed by atoms with van der Waals surface area (Å²) < 4.78 is 3.68. The molecule has 0 unspecified atom stereocenters. The fourth-order valence-electron chi connectivity index (χ4n) is 0.977. The number of carbonyl (C=O) groups is 1. The molecule has 0 spiro atoms. The second-order valence-electron chi connectivity index (χ2n) is 3.04. The largest absolute Gasteiger partial charge is 0.445 e. The van der Waals surface area contributed by atoms with Crippen LogP contribution in [0.3, 0.4) is 0 Å². The van der Waals surface area contributed by atoms with E-state index >= 15 is 0 Å². The number of carbonyl (C=O) groups excluding carboxylic acids is 1. The van der Waals surface area contributed by atoms with Gasteiger partial charge >= 0.3 is 6.09 Å². The molecule has 0 heterocycles. The molecule has 0 N–H and O–H groups in total. The highest BCUT2D eigenvalue weighted by Crippen LogP contribution is 2.30. The van der Waals surface area contributed by atoms with E-state index in [1.807, 2.05) is 13.8 Å². The average molecular weight is 289 g/mol. The van der Waals surface area contributed by atoms with Gasteiger partial charge in [0.2, 0.25) is 0 Å². The minimum absolute atomic E-state index is 0.191. The Morgan fingerprint density at radius 3 is 2.25 bits per heavy atom. The topological polar surface area (TPSA) is 29.5 Å². The number of allylic oxidation sites excluding steroid dienone is 1. The maximum absolute atomic E-state index is 11.4. The molecule has 0 atom stereocenters. The first-order valence-corrected chi connectivity index (χ1v) is 6.17. The summed E-state index contributed by atoms with van der Waals surface area (Å²) >= 11 is 16.6. The normalized spacial score (nSPS) is 11.8. The van der Waals surface area contributed by atoms with Crippen LogP contribution in [0.25, 0.3) is 0 Å². The van der Waals surface area contributed by atoms with Gasteiger partial charge in [0.1, 0.15) is 6.61 Å². The van der Waals surface area contributed by atoms with Crippen LogP contribution in [-0.2, 0) is 4.74 Å². The lowest BCUT2D eigenvalue weighted by Crippen LogP contribution is -2.31. The molecule has 0 aliphatic rings. The quantitative estimate of drug-likeness (QED) is 0.569. The van der Waals surface area contributed by atoms with Crippen molar-refractivity contribution in [1.29, 1.82) is 0 Å². The van der Waals surface area contributed by atoms with Gasteiger partial charge in [-0.3, -0.25) is 0 Å². The van der Waals surface area contributed by atoms with E-state index in [0.29, 0.717) is 19.5 Å².